The van der Waals surface area contributed by atoms with Crippen molar-refractivity contribution in [3.63, 3.8) is 0 Å². The summed E-state index contributed by atoms with van der Waals surface area (Å²) in [5.41, 5.74) is 0. The van der Waals surface area contributed by atoms with Gasteiger partial charge in [-0.3, -0.25) is 9.59 Å². The van der Waals surface area contributed by atoms with Gasteiger partial charge in [-0.05, 0) is 32.6 Å². The van der Waals surface area contributed by atoms with Crippen LogP contribution >= 0.6 is 0 Å². The summed E-state index contributed by atoms with van der Waals surface area (Å²) in [6.07, 6.45) is 1.79. The van der Waals surface area contributed by atoms with Crippen molar-refractivity contribution in [1.82, 2.24) is 10.2 Å². The highest BCUT2D eigenvalue weighted by Crippen LogP contribution is 2.25. The number of hydrogen-bond donors (Lipinski definition) is 1. The molecule has 2 saturated heterocycles. The molecule has 2 amide bonds. The number of ether oxygens (including phenoxy) is 1. The number of nitrogens with zero attached hydrogens (tertiary/aromatic N) is 1. The summed E-state index contributed by atoms with van der Waals surface area (Å²) in [4.78, 5) is 26.4. The van der Waals surface area contributed by atoms with E-state index in [1.54, 1.807) is 4.90 Å². The van der Waals surface area contributed by atoms with Crippen LogP contribution in [0.1, 0.15) is 40.5 Å². The molecule has 2 heterocycles. The van der Waals surface area contributed by atoms with E-state index in [1.807, 2.05) is 27.7 Å². The SMILES string of the molecule is CC1CC(N2C(=O)C(C(C)C)NC(=O)C2C)CCO1. The van der Waals surface area contributed by atoms with Gasteiger partial charge < -0.3 is 15.0 Å². The van der Waals surface area contributed by atoms with E-state index in [0.717, 1.165) is 12.8 Å². The van der Waals surface area contributed by atoms with Crippen LogP contribution in [0.5, 0.6) is 0 Å². The number of rotatable bonds is 2. The summed E-state index contributed by atoms with van der Waals surface area (Å²) in [6, 6.07) is -0.641. The van der Waals surface area contributed by atoms with Gasteiger partial charge in [-0.1, -0.05) is 13.8 Å². The number of piperazine rings is 1. The van der Waals surface area contributed by atoms with Crippen LogP contribution in [0.4, 0.5) is 0 Å². The van der Waals surface area contributed by atoms with Gasteiger partial charge in [0.15, 0.2) is 0 Å². The van der Waals surface area contributed by atoms with E-state index in [-0.39, 0.29) is 42.0 Å². The molecule has 4 unspecified atom stereocenters. The van der Waals surface area contributed by atoms with Gasteiger partial charge in [0.25, 0.3) is 0 Å². The van der Waals surface area contributed by atoms with Crippen molar-refractivity contribution in [3.8, 4) is 0 Å². The van der Waals surface area contributed by atoms with Gasteiger partial charge in [-0.2, -0.15) is 0 Å². The molecule has 0 spiro atoms. The molecule has 2 aliphatic heterocycles. The first-order chi connectivity index (χ1) is 8.91. The molecule has 0 saturated carbocycles. The van der Waals surface area contributed by atoms with Gasteiger partial charge in [0, 0.05) is 12.6 Å². The summed E-state index contributed by atoms with van der Waals surface area (Å²) in [6.45, 7) is 8.42. The monoisotopic (exact) mass is 268 g/mol. The first kappa shape index (κ1) is 14.3. The molecule has 0 aliphatic carbocycles. The molecular weight excluding hydrogens is 244 g/mol. The topological polar surface area (TPSA) is 58.6 Å². The molecule has 0 aromatic carbocycles. The van der Waals surface area contributed by atoms with Crippen LogP contribution in [0, 0.1) is 5.92 Å². The maximum absolute atomic E-state index is 12.6. The van der Waals surface area contributed by atoms with E-state index < -0.39 is 0 Å². The van der Waals surface area contributed by atoms with Crippen LogP contribution in [-0.2, 0) is 14.3 Å². The Morgan fingerprint density at radius 2 is 2.00 bits per heavy atom. The smallest absolute Gasteiger partial charge is 0.246 e. The second kappa shape index (κ2) is 5.49. The Labute approximate surface area is 114 Å². The van der Waals surface area contributed by atoms with Crippen LogP contribution in [0.2, 0.25) is 0 Å². The summed E-state index contributed by atoms with van der Waals surface area (Å²) < 4.78 is 5.53. The zero-order chi connectivity index (χ0) is 14.2. The Bertz CT molecular complexity index is 370. The van der Waals surface area contributed by atoms with E-state index in [2.05, 4.69) is 5.32 Å². The lowest BCUT2D eigenvalue weighted by Crippen LogP contribution is -2.66. The van der Waals surface area contributed by atoms with Crippen LogP contribution < -0.4 is 5.32 Å². The lowest BCUT2D eigenvalue weighted by atomic mass is 9.93. The molecule has 19 heavy (non-hydrogen) atoms. The fourth-order valence-electron chi connectivity index (χ4n) is 2.99. The molecule has 0 radical (unpaired) electrons. The van der Waals surface area contributed by atoms with Gasteiger partial charge in [-0.15, -0.1) is 0 Å². The molecule has 5 nitrogen and oxygen atoms in total. The molecule has 4 atom stereocenters. The molecule has 0 bridgehead atoms. The largest absolute Gasteiger partial charge is 0.378 e. The van der Waals surface area contributed by atoms with Crippen molar-refractivity contribution >= 4 is 11.8 Å². The second-order valence-electron chi connectivity index (χ2n) is 6.01. The summed E-state index contributed by atoms with van der Waals surface area (Å²) >= 11 is 0. The highest BCUT2D eigenvalue weighted by atomic mass is 16.5. The van der Waals surface area contributed by atoms with Crippen molar-refractivity contribution in [2.45, 2.75) is 64.8 Å². The lowest BCUT2D eigenvalue weighted by Gasteiger charge is -2.45. The van der Waals surface area contributed by atoms with Crippen LogP contribution in [0.3, 0.4) is 0 Å². The Morgan fingerprint density at radius 3 is 2.58 bits per heavy atom. The normalized spacial score (nSPS) is 36.6. The predicted octanol–water partition coefficient (Wildman–Crippen LogP) is 0.925. The zero-order valence-electron chi connectivity index (χ0n) is 12.2. The van der Waals surface area contributed by atoms with E-state index in [1.165, 1.54) is 0 Å². The second-order valence-corrected chi connectivity index (χ2v) is 6.01. The Kier molecular flexibility index (Phi) is 4.13. The van der Waals surface area contributed by atoms with Crippen LogP contribution in [0.25, 0.3) is 0 Å². The van der Waals surface area contributed by atoms with E-state index in [0.29, 0.717) is 6.61 Å². The van der Waals surface area contributed by atoms with Crippen LogP contribution in [0.15, 0.2) is 0 Å². The van der Waals surface area contributed by atoms with Crippen LogP contribution in [-0.4, -0.2) is 47.6 Å². The Balaban J connectivity index is 2.19. The number of carbonyl (C=O) groups is 2. The summed E-state index contributed by atoms with van der Waals surface area (Å²) in [5.74, 6) is 0.127. The molecule has 2 aliphatic rings. The fourth-order valence-corrected chi connectivity index (χ4v) is 2.99. The average molecular weight is 268 g/mol. The minimum atomic E-state index is -0.387. The molecule has 1 N–H and O–H groups in total. The first-order valence-electron chi connectivity index (χ1n) is 7.16. The summed E-state index contributed by atoms with van der Waals surface area (Å²) in [5, 5.41) is 2.83. The molecule has 5 heteroatoms. The van der Waals surface area contributed by atoms with Gasteiger partial charge in [0.2, 0.25) is 11.8 Å². The van der Waals surface area contributed by atoms with Crippen molar-refractivity contribution in [1.29, 1.82) is 0 Å². The van der Waals surface area contributed by atoms with Crippen molar-refractivity contribution < 1.29 is 14.3 Å². The standard InChI is InChI=1S/C14H24N2O3/c1-8(2)12-14(18)16(10(4)13(17)15-12)11-5-6-19-9(3)7-11/h8-12H,5-7H2,1-4H3,(H,15,17). The minimum Gasteiger partial charge on any atom is -0.378 e. The summed E-state index contributed by atoms with van der Waals surface area (Å²) in [7, 11) is 0. The van der Waals surface area contributed by atoms with Gasteiger partial charge >= 0.3 is 0 Å². The number of nitrogens with one attached hydrogen (secondary N) is 1. The number of carbonyl (C=O) groups excluding carboxylic acids is 2. The average Bonchev–Trinajstić information content (AvgIpc) is 2.34. The van der Waals surface area contributed by atoms with Crippen molar-refractivity contribution in [2.75, 3.05) is 6.61 Å². The number of hydrogen-bond acceptors (Lipinski definition) is 3. The maximum Gasteiger partial charge on any atom is 0.246 e. The Hall–Kier alpha value is -1.10. The molecular formula is C14H24N2O3. The van der Waals surface area contributed by atoms with E-state index in [4.69, 9.17) is 4.74 Å². The molecule has 2 fully saturated rings. The maximum atomic E-state index is 12.6. The number of amides is 2. The quantitative estimate of drug-likeness (QED) is 0.810. The zero-order valence-corrected chi connectivity index (χ0v) is 12.2. The highest BCUT2D eigenvalue weighted by molar-refractivity contribution is 5.97. The van der Waals surface area contributed by atoms with Crippen molar-refractivity contribution in [2.24, 2.45) is 5.92 Å². The van der Waals surface area contributed by atoms with Gasteiger partial charge in [-0.25, -0.2) is 0 Å². The Morgan fingerprint density at radius 1 is 1.32 bits per heavy atom. The molecule has 2 rings (SSSR count). The third-order valence-electron chi connectivity index (χ3n) is 4.13. The lowest BCUT2D eigenvalue weighted by molar-refractivity contribution is -0.156. The van der Waals surface area contributed by atoms with Gasteiger partial charge in [0.05, 0.1) is 6.10 Å². The van der Waals surface area contributed by atoms with E-state index in [9.17, 15) is 9.59 Å². The fraction of sp³-hybridized carbons (Fsp3) is 0.857. The molecule has 0 aromatic heterocycles. The minimum absolute atomic E-state index is 0.0440. The van der Waals surface area contributed by atoms with Crippen molar-refractivity contribution in [3.05, 3.63) is 0 Å². The first-order valence-corrected chi connectivity index (χ1v) is 7.16. The van der Waals surface area contributed by atoms with Gasteiger partial charge in [0.1, 0.15) is 12.1 Å². The predicted molar refractivity (Wildman–Crippen MR) is 71.5 cm³/mol. The third-order valence-corrected chi connectivity index (χ3v) is 4.13. The highest BCUT2D eigenvalue weighted by Gasteiger charge is 2.43. The third kappa shape index (κ3) is 2.76. The molecule has 0 aromatic rings. The molecule has 108 valence electrons. The van der Waals surface area contributed by atoms with E-state index >= 15 is 0 Å².